The topological polar surface area (TPSA) is 0 Å². The van der Waals surface area contributed by atoms with Gasteiger partial charge in [0.25, 0.3) is 0 Å². The van der Waals surface area contributed by atoms with Crippen molar-refractivity contribution >= 4 is 8.41 Å². The van der Waals surface area contributed by atoms with E-state index in [1.165, 1.54) is 11.1 Å². The molecule has 0 N–H and O–H groups in total. The molecule has 0 aliphatic heterocycles. The first-order valence-electron chi connectivity index (χ1n) is 2.82. The third-order valence-corrected chi connectivity index (χ3v) is 1.22. The van der Waals surface area contributed by atoms with Crippen LogP contribution in [0.4, 0.5) is 0 Å². The minimum absolute atomic E-state index is 0. The van der Waals surface area contributed by atoms with Gasteiger partial charge in [-0.25, -0.2) is 0 Å². The van der Waals surface area contributed by atoms with Crippen LogP contribution in [0.15, 0.2) is 24.3 Å². The molecule has 0 aliphatic rings. The molecule has 0 fully saturated rings. The van der Waals surface area contributed by atoms with Gasteiger partial charge >= 0.3 is 0 Å². The van der Waals surface area contributed by atoms with E-state index in [1.807, 2.05) is 0 Å². The number of benzene rings is 1. The van der Waals surface area contributed by atoms with E-state index in [4.69, 9.17) is 0 Å². The third-order valence-electron chi connectivity index (χ3n) is 1.22. The van der Waals surface area contributed by atoms with E-state index in [2.05, 4.69) is 38.1 Å². The van der Waals surface area contributed by atoms with Gasteiger partial charge in [-0.2, -0.15) is 0 Å². The number of hydrogen-bond donors (Lipinski definition) is 0. The average molecular weight is 120 g/mol. The maximum atomic E-state index is 2.12. The normalized spacial score (nSPS) is 8.22. The van der Waals surface area contributed by atoms with Crippen LogP contribution in [0.1, 0.15) is 11.1 Å². The largest absolute Gasteiger partial charge is 0.0814 e. The summed E-state index contributed by atoms with van der Waals surface area (Å²) in [5.74, 6) is 0. The second-order valence-electron chi connectivity index (χ2n) is 2.15. The first kappa shape index (κ1) is 8.28. The Morgan fingerprint density at radius 2 is 1.00 bits per heavy atom. The molecule has 0 aromatic heterocycles. The summed E-state index contributed by atoms with van der Waals surface area (Å²) in [4.78, 5) is 0. The molecular weight excluding hydrogens is 107 g/mol. The lowest BCUT2D eigenvalue weighted by molar-refractivity contribution is 1.40. The Morgan fingerprint density at radius 1 is 0.778 bits per heavy atom. The summed E-state index contributed by atoms with van der Waals surface area (Å²) in [6, 6.07) is 8.48. The maximum Gasteiger partial charge on any atom is 0.0814 e. The SMILES string of the molecule is B.Cc1ccc(C)cc1. The van der Waals surface area contributed by atoms with Crippen molar-refractivity contribution in [3.8, 4) is 0 Å². The first-order chi connectivity index (χ1) is 3.79. The van der Waals surface area contributed by atoms with E-state index in [0.29, 0.717) is 0 Å². The zero-order valence-corrected chi connectivity index (χ0v) is 5.31. The Labute approximate surface area is 58.5 Å². The molecule has 1 heteroatoms. The summed E-state index contributed by atoms with van der Waals surface area (Å²) in [5.41, 5.74) is 2.66. The van der Waals surface area contributed by atoms with E-state index in [1.54, 1.807) is 0 Å². The Kier molecular flexibility index (Phi) is 3.07. The van der Waals surface area contributed by atoms with Gasteiger partial charge in [0.15, 0.2) is 0 Å². The van der Waals surface area contributed by atoms with E-state index in [0.717, 1.165) is 0 Å². The molecule has 0 bridgehead atoms. The van der Waals surface area contributed by atoms with Crippen LogP contribution in [0, 0.1) is 13.8 Å². The van der Waals surface area contributed by atoms with Gasteiger partial charge in [0, 0.05) is 0 Å². The van der Waals surface area contributed by atoms with Crippen LogP contribution < -0.4 is 0 Å². The van der Waals surface area contributed by atoms with E-state index >= 15 is 0 Å². The third kappa shape index (κ3) is 2.36. The molecule has 48 valence electrons. The van der Waals surface area contributed by atoms with Crippen LogP contribution in [0.5, 0.6) is 0 Å². The van der Waals surface area contributed by atoms with Gasteiger partial charge in [-0.15, -0.1) is 0 Å². The van der Waals surface area contributed by atoms with Crippen LogP contribution in [-0.2, 0) is 0 Å². The molecular formula is C8H13B. The summed E-state index contributed by atoms with van der Waals surface area (Å²) in [7, 11) is 0. The van der Waals surface area contributed by atoms with E-state index < -0.39 is 0 Å². The number of aryl methyl sites for hydroxylation is 2. The monoisotopic (exact) mass is 120 g/mol. The summed E-state index contributed by atoms with van der Waals surface area (Å²) in [5, 5.41) is 0. The van der Waals surface area contributed by atoms with Gasteiger partial charge in [0.05, 0.1) is 8.41 Å². The smallest absolute Gasteiger partial charge is 0.0591 e. The molecule has 0 unspecified atom stereocenters. The van der Waals surface area contributed by atoms with Gasteiger partial charge in [0.2, 0.25) is 0 Å². The lowest BCUT2D eigenvalue weighted by Crippen LogP contribution is -1.70. The van der Waals surface area contributed by atoms with Crippen molar-refractivity contribution in [2.24, 2.45) is 0 Å². The van der Waals surface area contributed by atoms with Crippen LogP contribution in [0.3, 0.4) is 0 Å². The van der Waals surface area contributed by atoms with Crippen LogP contribution in [0.2, 0.25) is 0 Å². The average Bonchev–Trinajstić information content (AvgIpc) is 1.77. The van der Waals surface area contributed by atoms with Gasteiger partial charge in [0.1, 0.15) is 0 Å². The Bertz CT molecular complexity index is 143. The minimum Gasteiger partial charge on any atom is -0.0591 e. The predicted molar refractivity (Wildman–Crippen MR) is 45.9 cm³/mol. The Morgan fingerprint density at radius 3 is 1.22 bits per heavy atom. The zero-order chi connectivity index (χ0) is 5.98. The van der Waals surface area contributed by atoms with Crippen LogP contribution in [-0.4, -0.2) is 8.41 Å². The van der Waals surface area contributed by atoms with E-state index in [9.17, 15) is 0 Å². The van der Waals surface area contributed by atoms with Crippen molar-refractivity contribution in [1.82, 2.24) is 0 Å². The molecule has 0 heterocycles. The fourth-order valence-corrected chi connectivity index (χ4v) is 0.637. The lowest BCUT2D eigenvalue weighted by atomic mass is 10.2. The molecule has 0 saturated carbocycles. The second kappa shape index (κ2) is 3.34. The molecule has 0 atom stereocenters. The molecule has 0 amide bonds. The number of hydrogen-bond acceptors (Lipinski definition) is 0. The summed E-state index contributed by atoms with van der Waals surface area (Å²) < 4.78 is 0. The molecule has 0 radical (unpaired) electrons. The quantitative estimate of drug-likeness (QED) is 0.450. The van der Waals surface area contributed by atoms with Crippen molar-refractivity contribution in [3.63, 3.8) is 0 Å². The highest BCUT2D eigenvalue weighted by atomic mass is 13.9. The molecule has 9 heavy (non-hydrogen) atoms. The van der Waals surface area contributed by atoms with Gasteiger partial charge in [-0.05, 0) is 13.8 Å². The lowest BCUT2D eigenvalue weighted by Gasteiger charge is -1.90. The Hall–Kier alpha value is -0.715. The summed E-state index contributed by atoms with van der Waals surface area (Å²) >= 11 is 0. The van der Waals surface area contributed by atoms with E-state index in [-0.39, 0.29) is 8.41 Å². The molecule has 0 spiro atoms. The molecule has 0 nitrogen and oxygen atoms in total. The maximum absolute atomic E-state index is 2.12. The molecule has 1 aromatic carbocycles. The van der Waals surface area contributed by atoms with Crippen molar-refractivity contribution in [2.75, 3.05) is 0 Å². The summed E-state index contributed by atoms with van der Waals surface area (Å²) in [6.07, 6.45) is 0. The highest BCUT2D eigenvalue weighted by Crippen LogP contribution is 1.99. The van der Waals surface area contributed by atoms with Gasteiger partial charge in [-0.3, -0.25) is 0 Å². The van der Waals surface area contributed by atoms with Crippen molar-refractivity contribution < 1.29 is 0 Å². The summed E-state index contributed by atoms with van der Waals surface area (Å²) in [6.45, 7) is 4.19. The van der Waals surface area contributed by atoms with Crippen molar-refractivity contribution in [1.29, 1.82) is 0 Å². The van der Waals surface area contributed by atoms with Crippen molar-refractivity contribution in [3.05, 3.63) is 35.4 Å². The molecule has 0 aliphatic carbocycles. The first-order valence-corrected chi connectivity index (χ1v) is 2.82. The zero-order valence-electron chi connectivity index (χ0n) is 5.31. The molecule has 1 rings (SSSR count). The fraction of sp³-hybridized carbons (Fsp3) is 0.250. The van der Waals surface area contributed by atoms with Gasteiger partial charge in [-0.1, -0.05) is 35.4 Å². The fourth-order valence-electron chi connectivity index (χ4n) is 0.637. The minimum atomic E-state index is 0. The van der Waals surface area contributed by atoms with Gasteiger partial charge < -0.3 is 0 Å². The second-order valence-corrected chi connectivity index (χ2v) is 2.15. The van der Waals surface area contributed by atoms with Crippen LogP contribution in [0.25, 0.3) is 0 Å². The number of rotatable bonds is 0. The Balaban J connectivity index is 0.000000640. The molecule has 0 saturated heterocycles. The van der Waals surface area contributed by atoms with Crippen molar-refractivity contribution in [2.45, 2.75) is 13.8 Å². The highest BCUT2D eigenvalue weighted by Gasteiger charge is 1.79. The predicted octanol–water partition coefficient (Wildman–Crippen LogP) is 1.12. The van der Waals surface area contributed by atoms with Crippen LogP contribution >= 0.6 is 0 Å². The highest BCUT2D eigenvalue weighted by molar-refractivity contribution is 5.75. The standard InChI is InChI=1S/C8H10.BH3/c1-7-3-5-8(2)6-4-7;/h3-6H,1-2H3;1H3. The molecule has 1 aromatic rings.